The maximum Gasteiger partial charge on any atom is 0.169 e. The number of morpholine rings is 1. The van der Waals surface area contributed by atoms with Crippen LogP contribution in [0.2, 0.25) is 0 Å². The van der Waals surface area contributed by atoms with Crippen molar-refractivity contribution in [1.82, 2.24) is 10.2 Å². The second-order valence-corrected chi connectivity index (χ2v) is 5.63. The van der Waals surface area contributed by atoms with Gasteiger partial charge in [-0.25, -0.2) is 0 Å². The van der Waals surface area contributed by atoms with Gasteiger partial charge in [-0.1, -0.05) is 30.3 Å². The van der Waals surface area contributed by atoms with Gasteiger partial charge in [-0.15, -0.1) is 0 Å². The lowest BCUT2D eigenvalue weighted by atomic mass is 10.1. The smallest absolute Gasteiger partial charge is 0.169 e. The van der Waals surface area contributed by atoms with E-state index >= 15 is 0 Å². The molecular weight excluding hydrogens is 256 g/mol. The zero-order valence-electron chi connectivity index (χ0n) is 11.8. The van der Waals surface area contributed by atoms with E-state index in [0.717, 1.165) is 18.2 Å². The first-order valence-electron chi connectivity index (χ1n) is 6.82. The van der Waals surface area contributed by atoms with Crippen molar-refractivity contribution in [3.63, 3.8) is 0 Å². The van der Waals surface area contributed by atoms with E-state index in [4.69, 9.17) is 17.0 Å². The Morgan fingerprint density at radius 3 is 2.42 bits per heavy atom. The molecule has 0 saturated carbocycles. The van der Waals surface area contributed by atoms with Gasteiger partial charge in [0.05, 0.1) is 18.2 Å². The summed E-state index contributed by atoms with van der Waals surface area (Å²) in [6, 6.07) is 10.6. The Hall–Kier alpha value is -1.13. The summed E-state index contributed by atoms with van der Waals surface area (Å²) in [5.74, 6) is 0. The van der Waals surface area contributed by atoms with Gasteiger partial charge in [0.25, 0.3) is 0 Å². The van der Waals surface area contributed by atoms with Crippen molar-refractivity contribution in [3.05, 3.63) is 35.9 Å². The summed E-state index contributed by atoms with van der Waals surface area (Å²) in [7, 11) is 0. The minimum Gasteiger partial charge on any atom is -0.372 e. The van der Waals surface area contributed by atoms with Crippen LogP contribution in [-0.2, 0) is 4.74 Å². The van der Waals surface area contributed by atoms with Gasteiger partial charge >= 0.3 is 0 Å². The predicted molar refractivity (Wildman–Crippen MR) is 82.2 cm³/mol. The van der Waals surface area contributed by atoms with Gasteiger partial charge in [-0.2, -0.15) is 0 Å². The first-order chi connectivity index (χ1) is 9.06. The lowest BCUT2D eigenvalue weighted by molar-refractivity contribution is -0.0483. The average molecular weight is 278 g/mol. The van der Waals surface area contributed by atoms with Crippen molar-refractivity contribution in [2.75, 3.05) is 13.1 Å². The van der Waals surface area contributed by atoms with Crippen LogP contribution < -0.4 is 5.32 Å². The highest BCUT2D eigenvalue weighted by atomic mass is 32.1. The third-order valence-electron chi connectivity index (χ3n) is 3.35. The summed E-state index contributed by atoms with van der Waals surface area (Å²) in [4.78, 5) is 2.20. The van der Waals surface area contributed by atoms with Crippen LogP contribution >= 0.6 is 12.2 Å². The van der Waals surface area contributed by atoms with E-state index in [1.54, 1.807) is 0 Å². The van der Waals surface area contributed by atoms with Crippen LogP contribution in [0.25, 0.3) is 0 Å². The Labute approximate surface area is 120 Å². The third-order valence-corrected chi connectivity index (χ3v) is 3.72. The number of rotatable bonds is 2. The molecule has 0 aliphatic carbocycles. The molecule has 0 amide bonds. The molecule has 1 N–H and O–H groups in total. The van der Waals surface area contributed by atoms with Crippen LogP contribution in [-0.4, -0.2) is 35.3 Å². The van der Waals surface area contributed by atoms with Crippen molar-refractivity contribution in [2.45, 2.75) is 39.0 Å². The minimum absolute atomic E-state index is 0.224. The summed E-state index contributed by atoms with van der Waals surface area (Å²) >= 11 is 5.52. The van der Waals surface area contributed by atoms with Crippen molar-refractivity contribution >= 4 is 17.3 Å². The largest absolute Gasteiger partial charge is 0.372 e. The minimum atomic E-state index is 0.224. The van der Waals surface area contributed by atoms with Crippen molar-refractivity contribution in [1.29, 1.82) is 0 Å². The molecule has 3 atom stereocenters. The van der Waals surface area contributed by atoms with Gasteiger partial charge in [0, 0.05) is 13.1 Å². The summed E-state index contributed by atoms with van der Waals surface area (Å²) in [5, 5.41) is 4.23. The molecule has 19 heavy (non-hydrogen) atoms. The number of hydrogen-bond acceptors (Lipinski definition) is 2. The molecule has 0 aromatic heterocycles. The Morgan fingerprint density at radius 2 is 1.84 bits per heavy atom. The molecule has 1 aliphatic rings. The lowest BCUT2D eigenvalue weighted by Crippen LogP contribution is -2.51. The van der Waals surface area contributed by atoms with E-state index in [1.165, 1.54) is 5.56 Å². The van der Waals surface area contributed by atoms with Crippen molar-refractivity contribution in [2.24, 2.45) is 0 Å². The van der Waals surface area contributed by atoms with Crippen LogP contribution in [0.3, 0.4) is 0 Å². The normalized spacial score (nSPS) is 24.9. The summed E-state index contributed by atoms with van der Waals surface area (Å²) in [6.45, 7) is 8.03. The molecule has 104 valence electrons. The van der Waals surface area contributed by atoms with E-state index in [-0.39, 0.29) is 18.2 Å². The molecule has 0 radical (unpaired) electrons. The van der Waals surface area contributed by atoms with Gasteiger partial charge in [-0.05, 0) is 38.6 Å². The molecule has 0 unspecified atom stereocenters. The zero-order valence-corrected chi connectivity index (χ0v) is 12.6. The predicted octanol–water partition coefficient (Wildman–Crippen LogP) is 2.73. The molecule has 3 nitrogen and oxygen atoms in total. The number of nitrogens with zero attached hydrogens (tertiary/aromatic N) is 1. The van der Waals surface area contributed by atoms with Crippen LogP contribution in [0.15, 0.2) is 30.3 Å². The fourth-order valence-electron chi connectivity index (χ4n) is 2.45. The Morgan fingerprint density at radius 1 is 1.26 bits per heavy atom. The highest BCUT2D eigenvalue weighted by molar-refractivity contribution is 7.80. The van der Waals surface area contributed by atoms with Gasteiger partial charge in [-0.3, -0.25) is 0 Å². The molecule has 4 heteroatoms. The monoisotopic (exact) mass is 278 g/mol. The van der Waals surface area contributed by atoms with Crippen molar-refractivity contribution in [3.8, 4) is 0 Å². The Kier molecular flexibility index (Phi) is 4.77. The van der Waals surface area contributed by atoms with E-state index in [9.17, 15) is 0 Å². The molecular formula is C15H22N2OS. The molecule has 1 saturated heterocycles. The van der Waals surface area contributed by atoms with Crippen LogP contribution in [0, 0.1) is 0 Å². The zero-order chi connectivity index (χ0) is 13.8. The highest BCUT2D eigenvalue weighted by Crippen LogP contribution is 2.14. The van der Waals surface area contributed by atoms with Crippen LogP contribution in [0.4, 0.5) is 0 Å². The van der Waals surface area contributed by atoms with Gasteiger partial charge < -0.3 is 15.0 Å². The number of nitrogens with one attached hydrogen (secondary N) is 1. The molecule has 2 rings (SSSR count). The van der Waals surface area contributed by atoms with Gasteiger partial charge in [0.2, 0.25) is 0 Å². The molecule has 0 bridgehead atoms. The maximum absolute atomic E-state index is 5.73. The van der Waals surface area contributed by atoms with Crippen LogP contribution in [0.1, 0.15) is 32.4 Å². The second kappa shape index (κ2) is 6.35. The standard InChI is InChI=1S/C15H22N2OS/c1-11-9-17(10-12(2)18-11)15(19)16-13(3)14-7-5-4-6-8-14/h4-8,11-13H,9-10H2,1-3H3,(H,16,19)/t11-,12+,13-/m1/s1. The molecule has 0 spiro atoms. The summed E-state index contributed by atoms with van der Waals surface area (Å²) < 4.78 is 5.73. The second-order valence-electron chi connectivity index (χ2n) is 5.24. The van der Waals surface area contributed by atoms with E-state index < -0.39 is 0 Å². The molecule has 1 aromatic carbocycles. The fourth-order valence-corrected chi connectivity index (χ4v) is 2.77. The quantitative estimate of drug-likeness (QED) is 0.841. The number of ether oxygens (including phenoxy) is 1. The van der Waals surface area contributed by atoms with E-state index in [1.807, 2.05) is 6.07 Å². The Bertz CT molecular complexity index is 413. The fraction of sp³-hybridized carbons (Fsp3) is 0.533. The molecule has 1 fully saturated rings. The first-order valence-corrected chi connectivity index (χ1v) is 7.23. The first kappa shape index (κ1) is 14.3. The average Bonchev–Trinajstić information content (AvgIpc) is 2.38. The van der Waals surface area contributed by atoms with Gasteiger partial charge in [0.15, 0.2) is 5.11 Å². The number of thiocarbonyl (C=S) groups is 1. The van der Waals surface area contributed by atoms with Gasteiger partial charge in [0.1, 0.15) is 0 Å². The van der Waals surface area contributed by atoms with Crippen molar-refractivity contribution < 1.29 is 4.74 Å². The highest BCUT2D eigenvalue weighted by Gasteiger charge is 2.24. The van der Waals surface area contributed by atoms with Crippen LogP contribution in [0.5, 0.6) is 0 Å². The number of hydrogen-bond donors (Lipinski definition) is 1. The summed E-state index contributed by atoms with van der Waals surface area (Å²) in [5.41, 5.74) is 1.25. The van der Waals surface area contributed by atoms with E-state index in [0.29, 0.717) is 0 Å². The Balaban J connectivity index is 1.93. The summed E-state index contributed by atoms with van der Waals surface area (Å²) in [6.07, 6.45) is 0.464. The third kappa shape index (κ3) is 3.91. The molecule has 1 heterocycles. The lowest BCUT2D eigenvalue weighted by Gasteiger charge is -2.37. The van der Waals surface area contributed by atoms with E-state index in [2.05, 4.69) is 55.3 Å². The SMILES string of the molecule is C[C@@H]1CN(C(=S)N[C@H](C)c2ccccc2)C[C@H](C)O1. The molecule has 1 aromatic rings. The molecule has 1 aliphatic heterocycles. The maximum atomic E-state index is 5.73. The topological polar surface area (TPSA) is 24.5 Å². The number of benzene rings is 1.